The molecule has 4 aromatic carbocycles. The number of hydrogen-bond donors (Lipinski definition) is 0. The van der Waals surface area contributed by atoms with Crippen LogP contribution in [0.15, 0.2) is 103 Å². The Bertz CT molecular complexity index is 1030. The summed E-state index contributed by atoms with van der Waals surface area (Å²) in [7, 11) is 0. The molecule has 4 aromatic rings. The molecular weight excluding hydrogens is 318 g/mol. The van der Waals surface area contributed by atoms with Crippen molar-refractivity contribution >= 4 is 28.1 Å². The Morgan fingerprint density at radius 3 is 1.96 bits per heavy atom. The van der Waals surface area contributed by atoms with Gasteiger partial charge in [-0.1, -0.05) is 78.9 Å². The molecule has 0 fully saturated rings. The van der Waals surface area contributed by atoms with E-state index < -0.39 is 0 Å². The fraction of sp³-hybridized carbons (Fsp3) is 0.0417. The first-order valence-electron chi connectivity index (χ1n) is 8.72. The highest BCUT2D eigenvalue weighted by atomic mass is 16.2. The van der Waals surface area contributed by atoms with Crippen LogP contribution in [0.2, 0.25) is 0 Å². The van der Waals surface area contributed by atoms with Crippen LogP contribution in [-0.4, -0.2) is 5.91 Å². The molecule has 1 amide bonds. The van der Waals surface area contributed by atoms with Crippen LogP contribution in [0.4, 0.5) is 11.4 Å². The molecule has 0 bridgehead atoms. The zero-order valence-electron chi connectivity index (χ0n) is 14.4. The summed E-state index contributed by atoms with van der Waals surface area (Å²) < 4.78 is 0. The molecule has 26 heavy (non-hydrogen) atoms. The van der Waals surface area contributed by atoms with Gasteiger partial charge in [0.05, 0.1) is 6.42 Å². The van der Waals surface area contributed by atoms with Crippen molar-refractivity contribution in [2.75, 3.05) is 4.90 Å². The number of nitrogens with zero attached hydrogens (tertiary/aromatic N) is 1. The smallest absolute Gasteiger partial charge is 0.235 e. The van der Waals surface area contributed by atoms with Crippen molar-refractivity contribution in [2.24, 2.45) is 0 Å². The molecule has 126 valence electrons. The highest BCUT2D eigenvalue weighted by Gasteiger charge is 2.18. The summed E-state index contributed by atoms with van der Waals surface area (Å²) in [5, 5.41) is 2.29. The molecule has 0 unspecified atom stereocenters. The number of anilines is 2. The van der Waals surface area contributed by atoms with Crippen LogP contribution in [0.25, 0.3) is 10.8 Å². The Morgan fingerprint density at radius 2 is 1.23 bits per heavy atom. The molecule has 0 spiro atoms. The lowest BCUT2D eigenvalue weighted by Gasteiger charge is -2.23. The number of fused-ring (bicyclic) bond motifs is 1. The Labute approximate surface area is 153 Å². The van der Waals surface area contributed by atoms with Crippen molar-refractivity contribution in [3.8, 4) is 0 Å². The lowest BCUT2D eigenvalue weighted by molar-refractivity contribution is -0.117. The van der Waals surface area contributed by atoms with Gasteiger partial charge >= 0.3 is 0 Å². The van der Waals surface area contributed by atoms with Crippen molar-refractivity contribution in [1.82, 2.24) is 0 Å². The summed E-state index contributed by atoms with van der Waals surface area (Å²) >= 11 is 0. The van der Waals surface area contributed by atoms with Crippen molar-refractivity contribution < 1.29 is 4.79 Å². The largest absolute Gasteiger partial charge is 0.281 e. The SMILES string of the molecule is O=C(Cc1ccccc1)N(c1ccccc1)c1ccc2ccccc2c1. The van der Waals surface area contributed by atoms with Gasteiger partial charge in [-0.3, -0.25) is 9.69 Å². The van der Waals surface area contributed by atoms with Crippen molar-refractivity contribution in [1.29, 1.82) is 0 Å². The van der Waals surface area contributed by atoms with E-state index in [9.17, 15) is 4.79 Å². The Morgan fingerprint density at radius 1 is 0.615 bits per heavy atom. The number of amides is 1. The van der Waals surface area contributed by atoms with Crippen molar-refractivity contribution in [3.05, 3.63) is 109 Å². The monoisotopic (exact) mass is 337 g/mol. The lowest BCUT2D eigenvalue weighted by Crippen LogP contribution is -2.27. The van der Waals surface area contributed by atoms with E-state index in [-0.39, 0.29) is 5.91 Å². The fourth-order valence-corrected chi connectivity index (χ4v) is 3.18. The molecule has 0 N–H and O–H groups in total. The van der Waals surface area contributed by atoms with Gasteiger partial charge in [-0.25, -0.2) is 0 Å². The van der Waals surface area contributed by atoms with Crippen LogP contribution in [-0.2, 0) is 11.2 Å². The molecule has 0 atom stereocenters. The van der Waals surface area contributed by atoms with Crippen LogP contribution in [0.3, 0.4) is 0 Å². The maximum atomic E-state index is 13.2. The molecule has 2 nitrogen and oxygen atoms in total. The minimum atomic E-state index is 0.0534. The summed E-state index contributed by atoms with van der Waals surface area (Å²) in [6, 6.07) is 34.0. The van der Waals surface area contributed by atoms with E-state index >= 15 is 0 Å². The zero-order valence-corrected chi connectivity index (χ0v) is 14.4. The summed E-state index contributed by atoms with van der Waals surface area (Å²) in [5.74, 6) is 0.0534. The predicted octanol–water partition coefficient (Wildman–Crippen LogP) is 5.75. The predicted molar refractivity (Wildman–Crippen MR) is 108 cm³/mol. The van der Waals surface area contributed by atoms with Gasteiger partial charge in [0.25, 0.3) is 0 Å². The van der Waals surface area contributed by atoms with Gasteiger partial charge in [-0.05, 0) is 40.6 Å². The van der Waals surface area contributed by atoms with Gasteiger partial charge in [0.1, 0.15) is 0 Å². The Hall–Kier alpha value is -3.39. The highest BCUT2D eigenvalue weighted by molar-refractivity contribution is 6.03. The number of para-hydroxylation sites is 1. The normalized spacial score (nSPS) is 10.6. The van der Waals surface area contributed by atoms with Crippen molar-refractivity contribution in [2.45, 2.75) is 6.42 Å². The number of carbonyl (C=O) groups is 1. The summed E-state index contributed by atoms with van der Waals surface area (Å²) in [5.41, 5.74) is 2.78. The molecule has 0 aliphatic carbocycles. The van der Waals surface area contributed by atoms with E-state index in [4.69, 9.17) is 0 Å². The first-order valence-corrected chi connectivity index (χ1v) is 8.72. The zero-order chi connectivity index (χ0) is 17.8. The van der Waals surface area contributed by atoms with Gasteiger partial charge in [-0.15, -0.1) is 0 Å². The number of benzene rings is 4. The Balaban J connectivity index is 1.76. The van der Waals surface area contributed by atoms with E-state index in [0.29, 0.717) is 6.42 Å². The molecule has 0 heterocycles. The fourth-order valence-electron chi connectivity index (χ4n) is 3.18. The molecule has 2 heteroatoms. The molecule has 0 radical (unpaired) electrons. The van der Waals surface area contributed by atoms with Gasteiger partial charge in [0.2, 0.25) is 5.91 Å². The lowest BCUT2D eigenvalue weighted by atomic mass is 10.1. The minimum absolute atomic E-state index is 0.0534. The van der Waals surface area contributed by atoms with Crippen LogP contribution in [0.5, 0.6) is 0 Å². The van der Waals surface area contributed by atoms with Crippen LogP contribution >= 0.6 is 0 Å². The average Bonchev–Trinajstić information content (AvgIpc) is 2.70. The van der Waals surface area contributed by atoms with Crippen LogP contribution in [0.1, 0.15) is 5.56 Å². The average molecular weight is 337 g/mol. The molecule has 0 saturated carbocycles. The minimum Gasteiger partial charge on any atom is -0.281 e. The number of rotatable bonds is 4. The van der Waals surface area contributed by atoms with Crippen LogP contribution in [0, 0.1) is 0 Å². The molecule has 0 aliphatic rings. The van der Waals surface area contributed by atoms with Gasteiger partial charge in [0, 0.05) is 11.4 Å². The molecule has 4 rings (SSSR count). The highest BCUT2D eigenvalue weighted by Crippen LogP contribution is 2.29. The maximum absolute atomic E-state index is 13.2. The maximum Gasteiger partial charge on any atom is 0.235 e. The van der Waals surface area contributed by atoms with E-state index in [1.165, 1.54) is 5.39 Å². The van der Waals surface area contributed by atoms with E-state index in [2.05, 4.69) is 24.3 Å². The summed E-state index contributed by atoms with van der Waals surface area (Å²) in [4.78, 5) is 15.0. The molecular formula is C24H19NO. The van der Waals surface area contributed by atoms with Crippen molar-refractivity contribution in [3.63, 3.8) is 0 Å². The van der Waals surface area contributed by atoms with E-state index in [1.807, 2.05) is 78.9 Å². The number of hydrogen-bond acceptors (Lipinski definition) is 1. The first kappa shape index (κ1) is 16.1. The van der Waals surface area contributed by atoms with Gasteiger partial charge in [0.15, 0.2) is 0 Å². The van der Waals surface area contributed by atoms with E-state index in [1.54, 1.807) is 4.90 Å². The number of carbonyl (C=O) groups excluding carboxylic acids is 1. The third-order valence-corrected chi connectivity index (χ3v) is 4.45. The van der Waals surface area contributed by atoms with Crippen LogP contribution < -0.4 is 4.90 Å². The molecule has 0 aromatic heterocycles. The van der Waals surface area contributed by atoms with Gasteiger partial charge < -0.3 is 0 Å². The Kier molecular flexibility index (Phi) is 4.48. The third kappa shape index (κ3) is 3.35. The second-order valence-electron chi connectivity index (χ2n) is 6.26. The second-order valence-corrected chi connectivity index (χ2v) is 6.26. The summed E-state index contributed by atoms with van der Waals surface area (Å²) in [6.45, 7) is 0. The molecule has 0 aliphatic heterocycles. The molecule has 0 saturated heterocycles. The third-order valence-electron chi connectivity index (χ3n) is 4.45. The van der Waals surface area contributed by atoms with Gasteiger partial charge in [-0.2, -0.15) is 0 Å². The van der Waals surface area contributed by atoms with E-state index in [0.717, 1.165) is 22.3 Å². The summed E-state index contributed by atoms with van der Waals surface area (Å²) in [6.07, 6.45) is 0.364. The topological polar surface area (TPSA) is 20.3 Å². The second kappa shape index (κ2) is 7.24. The quantitative estimate of drug-likeness (QED) is 0.464. The first-order chi connectivity index (χ1) is 12.8. The standard InChI is InChI=1S/C24H19NO/c26-24(17-19-9-3-1-4-10-19)25(22-13-5-2-6-14-22)23-16-15-20-11-7-8-12-21(20)18-23/h1-16,18H,17H2.